The van der Waals surface area contributed by atoms with Crippen molar-refractivity contribution in [2.24, 2.45) is 5.92 Å². The van der Waals surface area contributed by atoms with Crippen LogP contribution in [0.3, 0.4) is 0 Å². The number of rotatable bonds is 8. The van der Waals surface area contributed by atoms with Crippen molar-refractivity contribution in [2.75, 3.05) is 27.2 Å². The molecular formula is C36H44N6O7S2. The molecule has 4 atom stereocenters. The Hall–Kier alpha value is -4.24. The first-order valence-electron chi connectivity index (χ1n) is 17.6. The summed E-state index contributed by atoms with van der Waals surface area (Å²) in [6.45, 7) is 4.79. The topological polar surface area (TPSA) is 160 Å². The van der Waals surface area contributed by atoms with Crippen LogP contribution in [-0.4, -0.2) is 96.2 Å². The summed E-state index contributed by atoms with van der Waals surface area (Å²) >= 11 is 1.50. The van der Waals surface area contributed by atoms with E-state index in [1.807, 2.05) is 41.8 Å². The van der Waals surface area contributed by atoms with Crippen molar-refractivity contribution < 1.29 is 32.3 Å². The van der Waals surface area contributed by atoms with Crippen LogP contribution in [0.2, 0.25) is 0 Å². The maximum absolute atomic E-state index is 14.2. The number of ether oxygens (including phenoxy) is 2. The van der Waals surface area contributed by atoms with Gasteiger partial charge in [-0.2, -0.15) is 0 Å². The van der Waals surface area contributed by atoms with Gasteiger partial charge in [0.25, 0.3) is 5.91 Å². The van der Waals surface area contributed by atoms with Crippen molar-refractivity contribution in [3.63, 3.8) is 0 Å². The van der Waals surface area contributed by atoms with Gasteiger partial charge in [-0.3, -0.25) is 14.3 Å². The van der Waals surface area contributed by atoms with Gasteiger partial charge in [0.15, 0.2) is 0 Å². The summed E-state index contributed by atoms with van der Waals surface area (Å²) in [6.07, 6.45) is 6.99. The van der Waals surface area contributed by atoms with Gasteiger partial charge in [-0.15, -0.1) is 11.3 Å². The van der Waals surface area contributed by atoms with E-state index in [4.69, 9.17) is 19.4 Å². The number of sulfonamides is 1. The van der Waals surface area contributed by atoms with E-state index in [0.29, 0.717) is 36.7 Å². The maximum atomic E-state index is 14.2. The molecule has 2 saturated carbocycles. The van der Waals surface area contributed by atoms with Gasteiger partial charge in [-0.05, 0) is 74.1 Å². The fourth-order valence-electron chi connectivity index (χ4n) is 6.85. The lowest BCUT2D eigenvalue weighted by atomic mass is 10.1. The predicted octanol–water partition coefficient (Wildman–Crippen LogP) is 4.59. The number of benzene rings is 1. The average molecular weight is 737 g/mol. The molecule has 2 aliphatic carbocycles. The summed E-state index contributed by atoms with van der Waals surface area (Å²) in [6, 6.07) is 6.26. The van der Waals surface area contributed by atoms with Gasteiger partial charge in [0.2, 0.25) is 21.8 Å². The van der Waals surface area contributed by atoms with E-state index in [-0.39, 0.29) is 37.3 Å². The van der Waals surface area contributed by atoms with Crippen LogP contribution < -0.4 is 19.5 Å². The number of carbonyl (C=O) groups excluding carboxylic acids is 3. The molecule has 3 fully saturated rings. The smallest absolute Gasteiger partial charge is 0.320 e. The number of methoxy groups -OCH3 is 1. The first-order chi connectivity index (χ1) is 24.4. The molecule has 0 unspecified atom stereocenters. The van der Waals surface area contributed by atoms with Crippen molar-refractivity contribution in [1.29, 1.82) is 0 Å². The number of urea groups is 1. The highest BCUT2D eigenvalue weighted by Crippen LogP contribution is 2.46. The van der Waals surface area contributed by atoms with Crippen LogP contribution in [0.4, 0.5) is 4.79 Å². The minimum Gasteiger partial charge on any atom is -0.497 e. The Morgan fingerprint density at radius 2 is 1.96 bits per heavy atom. The summed E-state index contributed by atoms with van der Waals surface area (Å²) in [5, 5.41) is 6.66. The summed E-state index contributed by atoms with van der Waals surface area (Å²) in [7, 11) is -0.517. The minimum atomic E-state index is -3.84. The van der Waals surface area contributed by atoms with Crippen LogP contribution in [0.25, 0.3) is 21.5 Å². The second-order valence-electron chi connectivity index (χ2n) is 14.4. The van der Waals surface area contributed by atoms with E-state index in [2.05, 4.69) is 23.9 Å². The highest BCUT2D eigenvalue weighted by molar-refractivity contribution is 7.91. The third-order valence-corrected chi connectivity index (χ3v) is 12.9. The van der Waals surface area contributed by atoms with E-state index in [9.17, 15) is 22.8 Å². The molecule has 4 heterocycles. The zero-order valence-electron chi connectivity index (χ0n) is 29.3. The predicted molar refractivity (Wildman–Crippen MR) is 193 cm³/mol. The van der Waals surface area contributed by atoms with Crippen LogP contribution in [-0.2, 0) is 19.6 Å². The number of thiazole rings is 1. The Balaban J connectivity index is 1.19. The summed E-state index contributed by atoms with van der Waals surface area (Å²) in [4.78, 5) is 54.5. The number of hydrogen-bond acceptors (Lipinski definition) is 10. The Morgan fingerprint density at radius 1 is 1.16 bits per heavy atom. The van der Waals surface area contributed by atoms with Gasteiger partial charge in [0.1, 0.15) is 34.1 Å². The number of nitrogens with one attached hydrogen (secondary N) is 2. The van der Waals surface area contributed by atoms with Gasteiger partial charge in [-0.25, -0.2) is 23.2 Å². The first kappa shape index (κ1) is 35.2. The molecule has 51 heavy (non-hydrogen) atoms. The summed E-state index contributed by atoms with van der Waals surface area (Å²) in [5.41, 5.74) is 0.177. The third kappa shape index (κ3) is 7.14. The van der Waals surface area contributed by atoms with Gasteiger partial charge >= 0.3 is 6.03 Å². The molecule has 4 aliphatic rings. The van der Waals surface area contributed by atoms with Crippen LogP contribution in [0.5, 0.6) is 11.6 Å². The number of hydrogen-bond donors (Lipinski definition) is 2. The molecule has 1 saturated heterocycles. The molecule has 2 aliphatic heterocycles. The van der Waals surface area contributed by atoms with E-state index in [0.717, 1.165) is 40.7 Å². The van der Waals surface area contributed by atoms with Crippen LogP contribution >= 0.6 is 11.3 Å². The van der Waals surface area contributed by atoms with Crippen molar-refractivity contribution in [2.45, 2.75) is 87.6 Å². The molecule has 3 aromatic rings. The lowest BCUT2D eigenvalue weighted by Crippen LogP contribution is -2.57. The number of amides is 4. The molecule has 7 rings (SSSR count). The second-order valence-corrected chi connectivity index (χ2v) is 17.2. The molecule has 0 spiro atoms. The number of nitrogens with zero attached hydrogens (tertiary/aromatic N) is 4. The highest BCUT2D eigenvalue weighted by atomic mass is 32.2. The van der Waals surface area contributed by atoms with Gasteiger partial charge in [-0.1, -0.05) is 26.0 Å². The number of allylic oxidation sites excluding steroid dienone is 1. The lowest BCUT2D eigenvalue weighted by molar-refractivity contribution is -0.131. The molecule has 2 aromatic heterocycles. The standard InChI is InChI=1S/C36H44N6O7S2/c1-21(2)29-20-50-33(38-29)28-16-22-15-24(48-4)10-13-27(22)32(37-28)49-25-17-30-31(43)39-36(34(44)40-51(46,47)26-11-12-26)18-23(36)9-7-5-6-8-14-41(3)35(45)42(30)19-25/h7,9-10,13,15-16,20-21,23,25-26,30H,5-6,8,11-12,14,17-19H2,1-4H3,(H,39,43)(H,40,44)/b9-7-/t23-,25-,30+,36-/m1/s1. The third-order valence-electron chi connectivity index (χ3n) is 10.2. The van der Waals surface area contributed by atoms with Gasteiger partial charge in [0, 0.05) is 36.7 Å². The molecule has 0 radical (unpaired) electrons. The molecule has 272 valence electrons. The molecule has 0 bridgehead atoms. The number of pyridine rings is 1. The lowest BCUT2D eigenvalue weighted by Gasteiger charge is -2.30. The van der Waals surface area contributed by atoms with Crippen LogP contribution in [0.15, 0.2) is 41.8 Å². The Kier molecular flexibility index (Phi) is 9.46. The van der Waals surface area contributed by atoms with E-state index < -0.39 is 44.8 Å². The second kappa shape index (κ2) is 13.7. The number of aromatic nitrogens is 2. The molecule has 4 amide bonds. The van der Waals surface area contributed by atoms with Crippen molar-refractivity contribution in [3.05, 3.63) is 47.5 Å². The number of fused-ring (bicyclic) bond motifs is 3. The van der Waals surface area contributed by atoms with E-state index in [1.165, 1.54) is 16.2 Å². The minimum absolute atomic E-state index is 0.109. The fraction of sp³-hybridized carbons (Fsp3) is 0.528. The molecule has 2 N–H and O–H groups in total. The first-order valence-corrected chi connectivity index (χ1v) is 20.0. The summed E-state index contributed by atoms with van der Waals surface area (Å²) < 4.78 is 39.8. The Bertz CT molecular complexity index is 1990. The Morgan fingerprint density at radius 3 is 2.69 bits per heavy atom. The normalized spacial score (nSPS) is 26.3. The SMILES string of the molecule is COc1ccc2c(O[C@@H]3C[C@H]4C(=O)N[C@]5(C(=O)NS(=O)(=O)C6CC6)C[C@H]5/C=C\CCCCN(C)C(=O)N4C3)nc(-c3nc(C(C)C)cs3)cc2c1. The van der Waals surface area contributed by atoms with Crippen molar-refractivity contribution in [3.8, 4) is 22.3 Å². The zero-order chi connectivity index (χ0) is 36.1. The van der Waals surface area contributed by atoms with Crippen molar-refractivity contribution in [1.82, 2.24) is 29.8 Å². The maximum Gasteiger partial charge on any atom is 0.320 e. The fourth-order valence-corrected chi connectivity index (χ4v) is 9.16. The van der Waals surface area contributed by atoms with Gasteiger partial charge < -0.3 is 24.6 Å². The van der Waals surface area contributed by atoms with Gasteiger partial charge in [0.05, 0.1) is 24.6 Å². The quantitative estimate of drug-likeness (QED) is 0.316. The average Bonchev–Trinajstić information content (AvgIpc) is 3.98. The van der Waals surface area contributed by atoms with Crippen LogP contribution in [0, 0.1) is 5.92 Å². The largest absolute Gasteiger partial charge is 0.497 e. The molecule has 15 heteroatoms. The highest BCUT2D eigenvalue weighted by Gasteiger charge is 2.62. The zero-order valence-corrected chi connectivity index (χ0v) is 30.9. The number of carbonyl (C=O) groups is 3. The monoisotopic (exact) mass is 736 g/mol. The van der Waals surface area contributed by atoms with E-state index >= 15 is 0 Å². The summed E-state index contributed by atoms with van der Waals surface area (Å²) in [5.74, 6) is -0.368. The van der Waals surface area contributed by atoms with Crippen molar-refractivity contribution >= 4 is 50.0 Å². The molecular weight excluding hydrogens is 693 g/mol. The molecule has 13 nitrogen and oxygen atoms in total. The van der Waals surface area contributed by atoms with E-state index in [1.54, 1.807) is 19.1 Å². The van der Waals surface area contributed by atoms with Crippen LogP contribution in [0.1, 0.15) is 70.4 Å². The molecule has 1 aromatic carbocycles. The Labute approximate surface area is 301 Å².